The topological polar surface area (TPSA) is 96.2 Å². The van der Waals surface area contributed by atoms with Crippen molar-refractivity contribution in [3.63, 3.8) is 0 Å². The van der Waals surface area contributed by atoms with Gasteiger partial charge in [0.05, 0.1) is 12.6 Å². The summed E-state index contributed by atoms with van der Waals surface area (Å²) in [4.78, 5) is 23.9. The van der Waals surface area contributed by atoms with Crippen LogP contribution in [0, 0.1) is 5.41 Å². The van der Waals surface area contributed by atoms with Gasteiger partial charge in [-0.1, -0.05) is 20.8 Å². The summed E-state index contributed by atoms with van der Waals surface area (Å²) in [5.74, 6) is -0.618. The van der Waals surface area contributed by atoms with Crippen LogP contribution in [0.25, 0.3) is 0 Å². The zero-order valence-electron chi connectivity index (χ0n) is 13.3. The monoisotopic (exact) mass is 308 g/mol. The summed E-state index contributed by atoms with van der Waals surface area (Å²) in [6.45, 7) is 7.44. The number of hydrogen-bond donors (Lipinski definition) is 3. The molecular weight excluding hydrogens is 284 g/mol. The second kappa shape index (κ2) is 6.48. The minimum absolute atomic E-state index is 0.191. The number of fused-ring (bicyclic) bond motifs is 1. The van der Waals surface area contributed by atoms with E-state index >= 15 is 0 Å². The van der Waals surface area contributed by atoms with E-state index < -0.39 is 6.10 Å². The zero-order chi connectivity index (χ0) is 16.3. The molecule has 0 aliphatic carbocycles. The highest BCUT2D eigenvalue weighted by molar-refractivity contribution is 5.98. The van der Waals surface area contributed by atoms with Crippen LogP contribution in [-0.4, -0.2) is 45.9 Å². The van der Waals surface area contributed by atoms with Gasteiger partial charge < -0.3 is 15.7 Å². The van der Waals surface area contributed by atoms with E-state index in [0.717, 1.165) is 12.8 Å². The fourth-order valence-corrected chi connectivity index (χ4v) is 2.33. The number of amides is 2. The lowest BCUT2D eigenvalue weighted by atomic mass is 9.91. The Hall–Kier alpha value is -1.89. The van der Waals surface area contributed by atoms with E-state index in [1.807, 2.05) is 0 Å². The van der Waals surface area contributed by atoms with Gasteiger partial charge in [-0.05, 0) is 18.3 Å². The number of nitrogens with one attached hydrogen (secondary N) is 2. The number of aliphatic hydroxyl groups excluding tert-OH is 1. The van der Waals surface area contributed by atoms with E-state index in [4.69, 9.17) is 0 Å². The third-order valence-corrected chi connectivity index (χ3v) is 3.52. The summed E-state index contributed by atoms with van der Waals surface area (Å²) in [7, 11) is 0. The van der Waals surface area contributed by atoms with Crippen LogP contribution >= 0.6 is 0 Å². The zero-order valence-corrected chi connectivity index (χ0v) is 13.3. The van der Waals surface area contributed by atoms with Gasteiger partial charge in [0.2, 0.25) is 0 Å². The molecule has 2 rings (SSSR count). The largest absolute Gasteiger partial charge is 0.389 e. The van der Waals surface area contributed by atoms with Crippen LogP contribution in [0.3, 0.4) is 0 Å². The highest BCUT2D eigenvalue weighted by atomic mass is 16.3. The molecule has 0 radical (unpaired) electrons. The van der Waals surface area contributed by atoms with Gasteiger partial charge >= 0.3 is 0 Å². The maximum Gasteiger partial charge on any atom is 0.271 e. The van der Waals surface area contributed by atoms with Crippen LogP contribution in [0.2, 0.25) is 0 Å². The van der Waals surface area contributed by atoms with E-state index in [0.29, 0.717) is 12.2 Å². The van der Waals surface area contributed by atoms with Crippen LogP contribution in [0.15, 0.2) is 6.07 Å². The molecule has 7 heteroatoms. The van der Waals surface area contributed by atoms with E-state index in [9.17, 15) is 14.7 Å². The first kappa shape index (κ1) is 16.5. The molecule has 2 heterocycles. The number of carbonyl (C=O) groups is 2. The molecule has 1 aliphatic heterocycles. The second-order valence-electron chi connectivity index (χ2n) is 6.88. The molecule has 122 valence electrons. The Morgan fingerprint density at radius 3 is 2.95 bits per heavy atom. The normalized spacial score (nSPS) is 18.4. The van der Waals surface area contributed by atoms with Gasteiger partial charge in [0.15, 0.2) is 5.69 Å². The number of hydrogen-bond acceptors (Lipinski definition) is 4. The van der Waals surface area contributed by atoms with Crippen molar-refractivity contribution in [3.05, 3.63) is 17.5 Å². The summed E-state index contributed by atoms with van der Waals surface area (Å²) in [6, 6.07) is 1.46. The molecule has 0 fully saturated rings. The molecule has 7 nitrogen and oxygen atoms in total. The van der Waals surface area contributed by atoms with E-state index in [1.165, 1.54) is 10.7 Å². The van der Waals surface area contributed by atoms with Crippen LogP contribution in [0.1, 0.15) is 54.6 Å². The lowest BCUT2D eigenvalue weighted by molar-refractivity contribution is 0.0931. The quantitative estimate of drug-likeness (QED) is 0.708. The third-order valence-electron chi connectivity index (χ3n) is 3.52. The summed E-state index contributed by atoms with van der Waals surface area (Å²) in [6.07, 6.45) is 1.21. The predicted molar refractivity (Wildman–Crippen MR) is 81.6 cm³/mol. The summed E-state index contributed by atoms with van der Waals surface area (Å²) >= 11 is 0. The summed E-state index contributed by atoms with van der Waals surface area (Å²) in [5, 5.41) is 19.2. The van der Waals surface area contributed by atoms with Crippen molar-refractivity contribution in [2.45, 2.75) is 46.3 Å². The Bertz CT molecular complexity index is 560. The Labute approximate surface area is 130 Å². The molecule has 1 aliphatic rings. The van der Waals surface area contributed by atoms with E-state index in [1.54, 1.807) is 0 Å². The van der Waals surface area contributed by atoms with Crippen molar-refractivity contribution in [2.75, 3.05) is 13.1 Å². The first-order chi connectivity index (χ1) is 10.3. The lowest BCUT2D eigenvalue weighted by Crippen LogP contribution is -2.30. The van der Waals surface area contributed by atoms with Crippen molar-refractivity contribution in [2.24, 2.45) is 5.41 Å². The first-order valence-corrected chi connectivity index (χ1v) is 7.58. The Morgan fingerprint density at radius 1 is 1.55 bits per heavy atom. The minimum Gasteiger partial charge on any atom is -0.389 e. The number of aromatic nitrogens is 2. The van der Waals surface area contributed by atoms with Gasteiger partial charge in [-0.3, -0.25) is 14.3 Å². The van der Waals surface area contributed by atoms with Gasteiger partial charge in [0.25, 0.3) is 11.8 Å². The number of rotatable bonds is 4. The predicted octanol–water partition coefficient (Wildman–Crippen LogP) is 0.543. The molecule has 1 unspecified atom stereocenters. The van der Waals surface area contributed by atoms with E-state index in [-0.39, 0.29) is 36.0 Å². The fraction of sp³-hybridized carbons (Fsp3) is 0.667. The molecule has 1 aromatic heterocycles. The first-order valence-electron chi connectivity index (χ1n) is 7.58. The van der Waals surface area contributed by atoms with Crippen LogP contribution in [0.5, 0.6) is 0 Å². The second-order valence-corrected chi connectivity index (χ2v) is 6.88. The molecule has 0 bridgehead atoms. The molecule has 0 saturated heterocycles. The van der Waals surface area contributed by atoms with Crippen LogP contribution in [0.4, 0.5) is 0 Å². The van der Waals surface area contributed by atoms with Crippen molar-refractivity contribution in [1.29, 1.82) is 0 Å². The van der Waals surface area contributed by atoms with Gasteiger partial charge in [0.1, 0.15) is 5.69 Å². The van der Waals surface area contributed by atoms with Crippen molar-refractivity contribution >= 4 is 11.8 Å². The molecule has 0 spiro atoms. The summed E-state index contributed by atoms with van der Waals surface area (Å²) in [5.41, 5.74) is 0.747. The Balaban J connectivity index is 1.96. The molecule has 3 N–H and O–H groups in total. The maximum absolute atomic E-state index is 12.1. The molecular formula is C15H24N4O3. The van der Waals surface area contributed by atoms with Crippen molar-refractivity contribution in [1.82, 2.24) is 20.4 Å². The highest BCUT2D eigenvalue weighted by Crippen LogP contribution is 2.19. The van der Waals surface area contributed by atoms with Crippen molar-refractivity contribution in [3.8, 4) is 0 Å². The number of β-amino-alcohol motifs (C(OH)–C–C–N with tert-alkyl or cyclic N) is 1. The van der Waals surface area contributed by atoms with Crippen LogP contribution in [-0.2, 0) is 6.54 Å². The van der Waals surface area contributed by atoms with Gasteiger partial charge in [-0.2, -0.15) is 5.10 Å². The smallest absolute Gasteiger partial charge is 0.271 e. The molecule has 2 amide bonds. The number of carbonyl (C=O) groups excluding carboxylic acids is 2. The molecule has 1 aromatic rings. The third kappa shape index (κ3) is 4.30. The van der Waals surface area contributed by atoms with Gasteiger partial charge in [-0.25, -0.2) is 0 Å². The number of nitrogens with zero attached hydrogens (tertiary/aromatic N) is 2. The van der Waals surface area contributed by atoms with E-state index in [2.05, 4.69) is 36.5 Å². The average molecular weight is 308 g/mol. The maximum atomic E-state index is 12.1. The lowest BCUT2D eigenvalue weighted by Gasteiger charge is -2.17. The fourth-order valence-electron chi connectivity index (χ4n) is 2.33. The molecule has 0 saturated carbocycles. The van der Waals surface area contributed by atoms with Crippen molar-refractivity contribution < 1.29 is 14.7 Å². The average Bonchev–Trinajstić information content (AvgIpc) is 2.78. The Kier molecular flexibility index (Phi) is 4.85. The van der Waals surface area contributed by atoms with Crippen LogP contribution < -0.4 is 10.6 Å². The standard InChI is InChI=1S/C15H24N4O3/c1-15(2,3)5-4-6-16-13(21)11-7-12-14(22)17-8-10(20)9-19(12)18-11/h7,10,20H,4-6,8-9H2,1-3H3,(H,16,21)(H,17,22). The minimum atomic E-state index is -0.701. The molecule has 1 atom stereocenters. The van der Waals surface area contributed by atoms with Gasteiger partial charge in [0, 0.05) is 19.2 Å². The molecule has 0 aromatic carbocycles. The number of aliphatic hydroxyl groups is 1. The van der Waals surface area contributed by atoms with Gasteiger partial charge in [-0.15, -0.1) is 0 Å². The molecule has 22 heavy (non-hydrogen) atoms. The SMILES string of the molecule is CC(C)(C)CCCNC(=O)c1cc2n(n1)CC(O)CNC2=O. The highest BCUT2D eigenvalue weighted by Gasteiger charge is 2.24. The Morgan fingerprint density at radius 2 is 2.27 bits per heavy atom. The summed E-state index contributed by atoms with van der Waals surface area (Å²) < 4.78 is 1.39.